The van der Waals surface area contributed by atoms with Gasteiger partial charge in [0.2, 0.25) is 0 Å². The molecule has 22 heavy (non-hydrogen) atoms. The Labute approximate surface area is 129 Å². The molecule has 1 saturated heterocycles. The van der Waals surface area contributed by atoms with Crippen LogP contribution in [0, 0.1) is 13.3 Å². The molecule has 0 bridgehead atoms. The number of fused-ring (bicyclic) bond motifs is 1. The minimum absolute atomic E-state index is 0.772. The third-order valence-corrected chi connectivity index (χ3v) is 3.97. The number of anilines is 1. The van der Waals surface area contributed by atoms with E-state index in [0.29, 0.717) is 0 Å². The van der Waals surface area contributed by atoms with E-state index in [1.54, 1.807) is 4.52 Å². The van der Waals surface area contributed by atoms with E-state index >= 15 is 0 Å². The molecular formula is C17H17N4O. The molecule has 2 aromatic heterocycles. The number of nitrogens with zero attached hydrogens (tertiary/aromatic N) is 4. The van der Waals surface area contributed by atoms with E-state index in [0.717, 1.165) is 42.2 Å². The van der Waals surface area contributed by atoms with E-state index in [4.69, 9.17) is 4.74 Å². The fourth-order valence-electron chi connectivity index (χ4n) is 2.70. The van der Waals surface area contributed by atoms with Crippen LogP contribution in [0.25, 0.3) is 5.65 Å². The van der Waals surface area contributed by atoms with Gasteiger partial charge in [-0.25, -0.2) is 9.50 Å². The van der Waals surface area contributed by atoms with Crippen LogP contribution < -0.4 is 9.64 Å². The van der Waals surface area contributed by atoms with Gasteiger partial charge in [0.05, 0.1) is 0 Å². The fourth-order valence-corrected chi connectivity index (χ4v) is 2.70. The van der Waals surface area contributed by atoms with Crippen molar-refractivity contribution in [1.29, 1.82) is 0 Å². The molecule has 0 N–H and O–H groups in total. The fraction of sp³-hybridized carbons (Fsp3) is 0.235. The largest absolute Gasteiger partial charge is 0.457 e. The molecule has 3 aromatic rings. The Morgan fingerprint density at radius 2 is 2.14 bits per heavy atom. The molecule has 5 nitrogen and oxygen atoms in total. The van der Waals surface area contributed by atoms with Crippen LogP contribution in [0.1, 0.15) is 12.0 Å². The van der Waals surface area contributed by atoms with Gasteiger partial charge in [0.25, 0.3) is 0 Å². The first-order valence-electron chi connectivity index (χ1n) is 7.44. The van der Waals surface area contributed by atoms with Gasteiger partial charge >= 0.3 is 0 Å². The maximum absolute atomic E-state index is 6.07. The number of rotatable bonds is 3. The van der Waals surface area contributed by atoms with Gasteiger partial charge in [-0.1, -0.05) is 6.07 Å². The molecule has 0 aliphatic carbocycles. The van der Waals surface area contributed by atoms with E-state index in [-0.39, 0.29) is 0 Å². The number of benzene rings is 1. The molecule has 0 unspecified atom stereocenters. The van der Waals surface area contributed by atoms with Crippen molar-refractivity contribution >= 4 is 11.3 Å². The quantitative estimate of drug-likeness (QED) is 0.743. The van der Waals surface area contributed by atoms with Crippen molar-refractivity contribution in [2.75, 3.05) is 18.0 Å². The lowest BCUT2D eigenvalue weighted by Gasteiger charge is -2.19. The number of hydrogen-bond acceptors (Lipinski definition) is 4. The number of aryl methyl sites for hydroxylation is 1. The average Bonchev–Trinajstić information content (AvgIpc) is 3.19. The predicted octanol–water partition coefficient (Wildman–Crippen LogP) is 3.24. The van der Waals surface area contributed by atoms with Gasteiger partial charge < -0.3 is 9.64 Å². The Bertz CT molecular complexity index is 805. The lowest BCUT2D eigenvalue weighted by molar-refractivity contribution is 0.478. The van der Waals surface area contributed by atoms with Crippen molar-refractivity contribution in [3.05, 3.63) is 54.8 Å². The Balaban J connectivity index is 1.64. The molecule has 0 amide bonds. The van der Waals surface area contributed by atoms with Gasteiger partial charge in [-0.15, -0.1) is 0 Å². The van der Waals surface area contributed by atoms with E-state index in [1.165, 1.54) is 12.0 Å². The monoisotopic (exact) mass is 293 g/mol. The Kier molecular flexibility index (Phi) is 3.18. The zero-order chi connectivity index (χ0) is 14.9. The Hall–Kier alpha value is -2.56. The Morgan fingerprint density at radius 3 is 3.00 bits per heavy atom. The van der Waals surface area contributed by atoms with Gasteiger partial charge in [-0.3, -0.25) is 0 Å². The van der Waals surface area contributed by atoms with Crippen LogP contribution in [0.5, 0.6) is 11.5 Å². The van der Waals surface area contributed by atoms with Gasteiger partial charge in [0.15, 0.2) is 5.65 Å². The summed E-state index contributed by atoms with van der Waals surface area (Å²) in [4.78, 5) is 6.54. The summed E-state index contributed by atoms with van der Waals surface area (Å²) in [6, 6.07) is 10.2. The maximum atomic E-state index is 6.07. The third kappa shape index (κ3) is 2.39. The highest BCUT2D eigenvalue weighted by molar-refractivity contribution is 5.56. The highest BCUT2D eigenvalue weighted by atomic mass is 16.5. The van der Waals surface area contributed by atoms with Crippen molar-refractivity contribution in [2.45, 2.75) is 13.3 Å². The standard InChI is InChI=1S/C17H17N4O/c1-13-4-5-14(20-7-2-3-8-20)10-16(13)22-15-6-9-21-17(11-15)18-12-19-21/h2,4-6,9-12H,3,7-8H2,1H3. The van der Waals surface area contributed by atoms with E-state index in [9.17, 15) is 0 Å². The normalized spacial score (nSPS) is 14.7. The first kappa shape index (κ1) is 13.1. The first-order valence-corrected chi connectivity index (χ1v) is 7.44. The second kappa shape index (κ2) is 5.33. The third-order valence-electron chi connectivity index (χ3n) is 3.97. The highest BCUT2D eigenvalue weighted by Gasteiger charge is 2.14. The summed E-state index contributed by atoms with van der Waals surface area (Å²) in [5.74, 6) is 1.65. The van der Waals surface area contributed by atoms with Gasteiger partial charge in [0.1, 0.15) is 17.8 Å². The molecule has 1 aliphatic heterocycles. The van der Waals surface area contributed by atoms with Crippen molar-refractivity contribution in [2.24, 2.45) is 0 Å². The summed E-state index contributed by atoms with van der Waals surface area (Å²) >= 11 is 0. The summed E-state index contributed by atoms with van der Waals surface area (Å²) in [5.41, 5.74) is 3.10. The van der Waals surface area contributed by atoms with E-state index in [1.807, 2.05) is 18.3 Å². The molecule has 4 rings (SSSR count). The number of aromatic nitrogens is 3. The minimum atomic E-state index is 0.772. The maximum Gasteiger partial charge on any atom is 0.158 e. The summed E-state index contributed by atoms with van der Waals surface area (Å²) in [6.07, 6.45) is 6.84. The highest BCUT2D eigenvalue weighted by Crippen LogP contribution is 2.31. The van der Waals surface area contributed by atoms with Crippen LogP contribution in [0.2, 0.25) is 0 Å². The van der Waals surface area contributed by atoms with Gasteiger partial charge in [-0.05, 0) is 37.5 Å². The zero-order valence-corrected chi connectivity index (χ0v) is 12.4. The first-order chi connectivity index (χ1) is 10.8. The summed E-state index contributed by atoms with van der Waals surface area (Å²) in [5, 5.41) is 4.09. The van der Waals surface area contributed by atoms with Crippen LogP contribution in [0.4, 0.5) is 5.69 Å². The second-order valence-electron chi connectivity index (χ2n) is 5.50. The summed E-state index contributed by atoms with van der Waals surface area (Å²) in [7, 11) is 0. The molecule has 1 aliphatic rings. The molecule has 5 heteroatoms. The molecule has 1 radical (unpaired) electrons. The SMILES string of the molecule is Cc1ccc(N2C[CH]CC2)cc1Oc1ccn2ncnc2c1. The minimum Gasteiger partial charge on any atom is -0.457 e. The van der Waals surface area contributed by atoms with Gasteiger partial charge in [0, 0.05) is 37.1 Å². The molecular weight excluding hydrogens is 276 g/mol. The van der Waals surface area contributed by atoms with Crippen molar-refractivity contribution in [1.82, 2.24) is 14.6 Å². The second-order valence-corrected chi connectivity index (χ2v) is 5.50. The average molecular weight is 293 g/mol. The van der Waals surface area contributed by atoms with Crippen molar-refractivity contribution in [3.63, 3.8) is 0 Å². The molecule has 1 aromatic carbocycles. The van der Waals surface area contributed by atoms with Gasteiger partial charge in [-0.2, -0.15) is 5.10 Å². The van der Waals surface area contributed by atoms with Crippen molar-refractivity contribution < 1.29 is 4.74 Å². The predicted molar refractivity (Wildman–Crippen MR) is 85.4 cm³/mol. The van der Waals surface area contributed by atoms with Crippen molar-refractivity contribution in [3.8, 4) is 11.5 Å². The molecule has 3 heterocycles. The van der Waals surface area contributed by atoms with Crippen LogP contribution in [0.3, 0.4) is 0 Å². The molecule has 111 valence electrons. The van der Waals surface area contributed by atoms with Crippen LogP contribution >= 0.6 is 0 Å². The molecule has 1 fully saturated rings. The lowest BCUT2D eigenvalue weighted by atomic mass is 10.2. The zero-order valence-electron chi connectivity index (χ0n) is 12.4. The summed E-state index contributed by atoms with van der Waals surface area (Å²) < 4.78 is 7.79. The number of pyridine rings is 1. The van der Waals surface area contributed by atoms with Crippen LogP contribution in [-0.4, -0.2) is 27.7 Å². The molecule has 0 spiro atoms. The number of hydrogen-bond donors (Lipinski definition) is 0. The summed E-state index contributed by atoms with van der Waals surface area (Å²) in [6.45, 7) is 4.15. The Morgan fingerprint density at radius 1 is 1.18 bits per heavy atom. The smallest absolute Gasteiger partial charge is 0.158 e. The van der Waals surface area contributed by atoms with E-state index < -0.39 is 0 Å². The molecule has 0 atom stereocenters. The number of ether oxygens (including phenoxy) is 1. The van der Waals surface area contributed by atoms with Crippen LogP contribution in [-0.2, 0) is 0 Å². The topological polar surface area (TPSA) is 42.7 Å². The molecule has 0 saturated carbocycles. The van der Waals surface area contributed by atoms with E-state index in [2.05, 4.69) is 46.5 Å². The lowest BCUT2D eigenvalue weighted by Crippen LogP contribution is -2.17. The van der Waals surface area contributed by atoms with Crippen LogP contribution in [0.15, 0.2) is 42.9 Å².